The number of carbonyl (C=O) groups is 2. The second kappa shape index (κ2) is 7.43. The summed E-state index contributed by atoms with van der Waals surface area (Å²) in [5.74, 6) is 0.462. The molecule has 0 aromatic heterocycles. The molecule has 3 amide bonds. The van der Waals surface area contributed by atoms with Crippen LogP contribution >= 0.6 is 11.6 Å². The first-order valence-corrected chi connectivity index (χ1v) is 9.02. The molecule has 0 bridgehead atoms. The van der Waals surface area contributed by atoms with Gasteiger partial charge in [-0.1, -0.05) is 55.8 Å². The number of para-hydroxylation sites is 1. The van der Waals surface area contributed by atoms with Gasteiger partial charge in [0.2, 0.25) is 0 Å². The maximum absolute atomic E-state index is 12.8. The van der Waals surface area contributed by atoms with Crippen molar-refractivity contribution in [3.05, 3.63) is 29.3 Å². The van der Waals surface area contributed by atoms with Gasteiger partial charge in [0.1, 0.15) is 17.9 Å². The minimum atomic E-state index is -0.693. The SMILES string of the molecule is O=C1NC2(CCCCCCC2)C(=O)N1CCOc1ccccc1Cl. The molecule has 0 atom stereocenters. The van der Waals surface area contributed by atoms with Gasteiger partial charge in [0.15, 0.2) is 0 Å². The number of amides is 3. The van der Waals surface area contributed by atoms with Crippen molar-refractivity contribution in [1.82, 2.24) is 10.2 Å². The van der Waals surface area contributed by atoms with E-state index in [1.165, 1.54) is 11.3 Å². The molecule has 0 radical (unpaired) electrons. The molecule has 1 spiro atoms. The van der Waals surface area contributed by atoms with E-state index in [1.54, 1.807) is 12.1 Å². The fourth-order valence-corrected chi connectivity index (χ4v) is 3.73. The van der Waals surface area contributed by atoms with E-state index in [0.717, 1.165) is 38.5 Å². The number of halogens is 1. The minimum Gasteiger partial charge on any atom is -0.490 e. The first kappa shape index (κ1) is 17.1. The van der Waals surface area contributed by atoms with Crippen molar-refractivity contribution in [1.29, 1.82) is 0 Å². The lowest BCUT2D eigenvalue weighted by molar-refractivity contribution is -0.132. The zero-order valence-corrected chi connectivity index (χ0v) is 14.5. The summed E-state index contributed by atoms with van der Waals surface area (Å²) < 4.78 is 5.61. The Kier molecular flexibility index (Phi) is 5.29. The van der Waals surface area contributed by atoms with Crippen LogP contribution in [0.15, 0.2) is 24.3 Å². The Morgan fingerprint density at radius 3 is 2.46 bits per heavy atom. The predicted octanol–water partition coefficient (Wildman–Crippen LogP) is 3.75. The number of nitrogens with one attached hydrogen (secondary N) is 1. The molecule has 2 fully saturated rings. The largest absolute Gasteiger partial charge is 0.490 e. The monoisotopic (exact) mass is 350 g/mol. The summed E-state index contributed by atoms with van der Waals surface area (Å²) in [7, 11) is 0. The Morgan fingerprint density at radius 2 is 1.75 bits per heavy atom. The van der Waals surface area contributed by atoms with Crippen LogP contribution in [0, 0.1) is 0 Å². The summed E-state index contributed by atoms with van der Waals surface area (Å²) in [6.45, 7) is 0.469. The molecule has 5 nitrogen and oxygen atoms in total. The normalized spacial score (nSPS) is 20.6. The summed E-state index contributed by atoms with van der Waals surface area (Å²) >= 11 is 6.04. The molecule has 1 N–H and O–H groups in total. The van der Waals surface area contributed by atoms with E-state index in [-0.39, 0.29) is 25.1 Å². The highest BCUT2D eigenvalue weighted by molar-refractivity contribution is 6.32. The van der Waals surface area contributed by atoms with Crippen LogP contribution in [0.2, 0.25) is 5.02 Å². The Bertz CT molecular complexity index is 612. The molecule has 3 rings (SSSR count). The number of benzene rings is 1. The summed E-state index contributed by atoms with van der Waals surface area (Å²) in [5.41, 5.74) is -0.693. The highest BCUT2D eigenvalue weighted by Gasteiger charge is 2.50. The maximum atomic E-state index is 12.8. The molecule has 1 aliphatic heterocycles. The topological polar surface area (TPSA) is 58.6 Å². The van der Waals surface area contributed by atoms with Crippen LogP contribution in [0.3, 0.4) is 0 Å². The van der Waals surface area contributed by atoms with Crippen LogP contribution in [-0.2, 0) is 4.79 Å². The highest BCUT2D eigenvalue weighted by Crippen LogP contribution is 2.32. The molecular weight excluding hydrogens is 328 g/mol. The number of rotatable bonds is 4. The van der Waals surface area contributed by atoms with Gasteiger partial charge in [-0.15, -0.1) is 0 Å². The summed E-state index contributed by atoms with van der Waals surface area (Å²) in [6, 6.07) is 6.87. The fraction of sp³-hybridized carbons (Fsp3) is 0.556. The summed E-state index contributed by atoms with van der Waals surface area (Å²) in [6.07, 6.45) is 6.90. The highest BCUT2D eigenvalue weighted by atomic mass is 35.5. The van der Waals surface area contributed by atoms with Crippen LogP contribution in [0.5, 0.6) is 5.75 Å². The van der Waals surface area contributed by atoms with Crippen molar-refractivity contribution in [3.8, 4) is 5.75 Å². The number of imide groups is 1. The zero-order valence-electron chi connectivity index (χ0n) is 13.7. The molecule has 1 aromatic carbocycles. The molecule has 1 saturated carbocycles. The average molecular weight is 351 g/mol. The van der Waals surface area contributed by atoms with Crippen molar-refractivity contribution in [3.63, 3.8) is 0 Å². The first-order chi connectivity index (χ1) is 11.6. The quantitative estimate of drug-likeness (QED) is 0.841. The van der Waals surface area contributed by atoms with E-state index < -0.39 is 5.54 Å². The van der Waals surface area contributed by atoms with Crippen molar-refractivity contribution in [2.24, 2.45) is 0 Å². The van der Waals surface area contributed by atoms with Gasteiger partial charge >= 0.3 is 6.03 Å². The van der Waals surface area contributed by atoms with Crippen LogP contribution in [0.1, 0.15) is 44.9 Å². The van der Waals surface area contributed by atoms with E-state index in [4.69, 9.17) is 16.3 Å². The van der Waals surface area contributed by atoms with E-state index in [2.05, 4.69) is 5.32 Å². The molecule has 130 valence electrons. The molecule has 6 heteroatoms. The van der Waals surface area contributed by atoms with E-state index in [1.807, 2.05) is 12.1 Å². The zero-order chi connectivity index (χ0) is 17.0. The number of nitrogens with zero attached hydrogens (tertiary/aromatic N) is 1. The van der Waals surface area contributed by atoms with Gasteiger partial charge in [0, 0.05) is 0 Å². The minimum absolute atomic E-state index is 0.0999. The average Bonchev–Trinajstić information content (AvgIpc) is 2.78. The number of hydrogen-bond donors (Lipinski definition) is 1. The molecule has 1 saturated heterocycles. The standard InChI is InChI=1S/C18H23ClN2O3/c19-14-8-4-5-9-15(14)24-13-12-21-16(22)18(20-17(21)23)10-6-2-1-3-7-11-18/h4-5,8-9H,1-3,6-7,10-13H2,(H,20,23). The first-order valence-electron chi connectivity index (χ1n) is 8.64. The number of carbonyl (C=O) groups excluding carboxylic acids is 2. The Morgan fingerprint density at radius 1 is 1.08 bits per heavy atom. The Labute approximate surface area is 147 Å². The third kappa shape index (κ3) is 3.51. The maximum Gasteiger partial charge on any atom is 0.325 e. The van der Waals surface area contributed by atoms with Gasteiger partial charge in [-0.05, 0) is 25.0 Å². The molecular formula is C18H23ClN2O3. The Balaban J connectivity index is 1.61. The molecule has 1 aromatic rings. The third-order valence-electron chi connectivity index (χ3n) is 4.86. The van der Waals surface area contributed by atoms with Crippen LogP contribution in [0.4, 0.5) is 4.79 Å². The van der Waals surface area contributed by atoms with Crippen molar-refractivity contribution in [2.45, 2.75) is 50.5 Å². The van der Waals surface area contributed by atoms with Crippen molar-refractivity contribution in [2.75, 3.05) is 13.2 Å². The summed E-state index contributed by atoms with van der Waals surface area (Å²) in [4.78, 5) is 26.4. The van der Waals surface area contributed by atoms with Crippen molar-refractivity contribution >= 4 is 23.5 Å². The van der Waals surface area contributed by atoms with Gasteiger partial charge in [0.05, 0.1) is 11.6 Å². The lowest BCUT2D eigenvalue weighted by Gasteiger charge is -2.28. The lowest BCUT2D eigenvalue weighted by atomic mass is 9.84. The number of hydrogen-bond acceptors (Lipinski definition) is 3. The summed E-state index contributed by atoms with van der Waals surface area (Å²) in [5, 5.41) is 3.47. The van der Waals surface area contributed by atoms with Gasteiger partial charge in [-0.3, -0.25) is 9.69 Å². The Hall–Kier alpha value is -1.75. The van der Waals surface area contributed by atoms with E-state index >= 15 is 0 Å². The lowest BCUT2D eigenvalue weighted by Crippen LogP contribution is -2.47. The van der Waals surface area contributed by atoms with Gasteiger partial charge < -0.3 is 10.1 Å². The second-order valence-electron chi connectivity index (χ2n) is 6.52. The molecule has 2 aliphatic rings. The fourth-order valence-electron chi connectivity index (χ4n) is 3.54. The van der Waals surface area contributed by atoms with E-state index in [0.29, 0.717) is 10.8 Å². The van der Waals surface area contributed by atoms with Gasteiger partial charge in [-0.25, -0.2) is 4.79 Å². The molecule has 0 unspecified atom stereocenters. The molecule has 1 aliphatic carbocycles. The number of urea groups is 1. The van der Waals surface area contributed by atoms with Crippen LogP contribution in [-0.4, -0.2) is 35.5 Å². The molecule has 24 heavy (non-hydrogen) atoms. The second-order valence-corrected chi connectivity index (χ2v) is 6.92. The van der Waals surface area contributed by atoms with E-state index in [9.17, 15) is 9.59 Å². The third-order valence-corrected chi connectivity index (χ3v) is 5.17. The smallest absolute Gasteiger partial charge is 0.325 e. The van der Waals surface area contributed by atoms with Gasteiger partial charge in [0.25, 0.3) is 5.91 Å². The van der Waals surface area contributed by atoms with Crippen LogP contribution < -0.4 is 10.1 Å². The van der Waals surface area contributed by atoms with Gasteiger partial charge in [-0.2, -0.15) is 0 Å². The van der Waals surface area contributed by atoms with Crippen molar-refractivity contribution < 1.29 is 14.3 Å². The number of ether oxygens (including phenoxy) is 1. The molecule has 1 heterocycles. The van der Waals surface area contributed by atoms with Crippen LogP contribution in [0.25, 0.3) is 0 Å². The predicted molar refractivity (Wildman–Crippen MR) is 92.2 cm³/mol.